The number of carbonyl (C=O) groups excluding carboxylic acids is 1. The average molecular weight is 339 g/mol. The van der Waals surface area contributed by atoms with Crippen molar-refractivity contribution in [3.8, 4) is 0 Å². The Morgan fingerprint density at radius 2 is 1.78 bits per heavy atom. The summed E-state index contributed by atoms with van der Waals surface area (Å²) < 4.78 is 25.6. The zero-order valence-corrected chi connectivity index (χ0v) is 14.4. The third-order valence-corrected chi connectivity index (χ3v) is 5.48. The van der Waals surface area contributed by atoms with Gasteiger partial charge in [-0.25, -0.2) is 13.1 Å². The van der Waals surface area contributed by atoms with E-state index in [0.29, 0.717) is 19.5 Å². The number of piperazine rings is 1. The minimum absolute atomic E-state index is 0.0110. The molecule has 1 aromatic rings. The van der Waals surface area contributed by atoms with Crippen LogP contribution in [0.4, 0.5) is 5.69 Å². The fraction of sp³-hybridized carbons (Fsp3) is 0.562. The first-order valence-electron chi connectivity index (χ1n) is 8.07. The molecule has 0 saturated carbocycles. The number of hydrogen-bond donors (Lipinski definition) is 1. The molecule has 0 aromatic heterocycles. The molecular weight excluding hydrogens is 314 g/mol. The number of benzene rings is 1. The molecule has 0 unspecified atom stereocenters. The summed E-state index contributed by atoms with van der Waals surface area (Å²) in [6.07, 6.45) is 0.791. The molecule has 0 bridgehead atoms. The molecule has 6 nitrogen and oxygen atoms in total. The zero-order chi connectivity index (χ0) is 16.7. The van der Waals surface area contributed by atoms with E-state index < -0.39 is 10.0 Å². The lowest BCUT2D eigenvalue weighted by atomic mass is 10.2. The lowest BCUT2D eigenvalue weighted by Crippen LogP contribution is -2.49. The SMILES string of the molecule is CCCS(=O)(=O)NCCC(=O)N1CCN(c2ccccc2)CC1. The van der Waals surface area contributed by atoms with Gasteiger partial charge >= 0.3 is 0 Å². The minimum atomic E-state index is -3.23. The summed E-state index contributed by atoms with van der Waals surface area (Å²) >= 11 is 0. The molecular formula is C16H25N3O3S. The fourth-order valence-corrected chi connectivity index (χ4v) is 3.76. The van der Waals surface area contributed by atoms with Gasteiger partial charge in [-0.15, -0.1) is 0 Å². The topological polar surface area (TPSA) is 69.7 Å². The van der Waals surface area contributed by atoms with Crippen LogP contribution in [0.1, 0.15) is 19.8 Å². The minimum Gasteiger partial charge on any atom is -0.368 e. The first-order chi connectivity index (χ1) is 11.0. The molecule has 1 aromatic carbocycles. The molecule has 1 aliphatic heterocycles. The van der Waals surface area contributed by atoms with Crippen molar-refractivity contribution in [3.63, 3.8) is 0 Å². The molecule has 0 radical (unpaired) electrons. The largest absolute Gasteiger partial charge is 0.368 e. The quantitative estimate of drug-likeness (QED) is 0.806. The third-order valence-electron chi connectivity index (χ3n) is 3.89. The predicted octanol–water partition coefficient (Wildman–Crippen LogP) is 1.05. The van der Waals surface area contributed by atoms with Crippen molar-refractivity contribution in [2.45, 2.75) is 19.8 Å². The van der Waals surface area contributed by atoms with Gasteiger partial charge in [0.05, 0.1) is 5.75 Å². The van der Waals surface area contributed by atoms with Crippen LogP contribution in [0, 0.1) is 0 Å². The second-order valence-electron chi connectivity index (χ2n) is 5.67. The fourth-order valence-electron chi connectivity index (χ4n) is 2.67. The van der Waals surface area contributed by atoms with Gasteiger partial charge in [0.2, 0.25) is 15.9 Å². The molecule has 1 aliphatic rings. The smallest absolute Gasteiger partial charge is 0.224 e. The average Bonchev–Trinajstić information content (AvgIpc) is 2.55. The molecule has 1 heterocycles. The lowest BCUT2D eigenvalue weighted by molar-refractivity contribution is -0.131. The number of hydrogen-bond acceptors (Lipinski definition) is 4. The van der Waals surface area contributed by atoms with E-state index in [1.807, 2.05) is 30.0 Å². The van der Waals surface area contributed by atoms with E-state index in [1.165, 1.54) is 5.69 Å². The van der Waals surface area contributed by atoms with E-state index >= 15 is 0 Å². The molecule has 1 N–H and O–H groups in total. The van der Waals surface area contributed by atoms with E-state index in [-0.39, 0.29) is 24.6 Å². The van der Waals surface area contributed by atoms with Crippen LogP contribution in [0.2, 0.25) is 0 Å². The van der Waals surface area contributed by atoms with Crippen molar-refractivity contribution < 1.29 is 13.2 Å². The van der Waals surface area contributed by atoms with Gasteiger partial charge in [0, 0.05) is 44.8 Å². The van der Waals surface area contributed by atoms with Crippen LogP contribution < -0.4 is 9.62 Å². The number of anilines is 1. The van der Waals surface area contributed by atoms with E-state index in [1.54, 1.807) is 0 Å². The van der Waals surface area contributed by atoms with Crippen molar-refractivity contribution in [1.82, 2.24) is 9.62 Å². The first kappa shape index (κ1) is 17.7. The highest BCUT2D eigenvalue weighted by Gasteiger charge is 2.21. The number of nitrogens with zero attached hydrogens (tertiary/aromatic N) is 2. The van der Waals surface area contributed by atoms with E-state index in [2.05, 4.69) is 21.8 Å². The molecule has 0 aliphatic carbocycles. The van der Waals surface area contributed by atoms with Crippen LogP contribution in [0.15, 0.2) is 30.3 Å². The maximum atomic E-state index is 12.2. The van der Waals surface area contributed by atoms with E-state index in [0.717, 1.165) is 13.1 Å². The monoisotopic (exact) mass is 339 g/mol. The number of carbonyl (C=O) groups is 1. The Balaban J connectivity index is 1.74. The summed E-state index contributed by atoms with van der Waals surface area (Å²) in [4.78, 5) is 16.2. The summed E-state index contributed by atoms with van der Waals surface area (Å²) in [6.45, 7) is 4.95. The van der Waals surface area contributed by atoms with Crippen molar-refractivity contribution in [1.29, 1.82) is 0 Å². The Bertz CT molecular complexity index is 596. The summed E-state index contributed by atoms with van der Waals surface area (Å²) in [5.41, 5.74) is 1.17. The van der Waals surface area contributed by atoms with Crippen LogP contribution in [-0.4, -0.2) is 57.7 Å². The molecule has 0 spiro atoms. The highest BCUT2D eigenvalue weighted by atomic mass is 32.2. The summed E-state index contributed by atoms with van der Waals surface area (Å²) in [5.74, 6) is 0.119. The maximum Gasteiger partial charge on any atom is 0.224 e. The Labute approximate surface area is 138 Å². The van der Waals surface area contributed by atoms with Crippen LogP contribution >= 0.6 is 0 Å². The van der Waals surface area contributed by atoms with Gasteiger partial charge in [-0.1, -0.05) is 25.1 Å². The van der Waals surface area contributed by atoms with Crippen molar-refractivity contribution >= 4 is 21.6 Å². The summed E-state index contributed by atoms with van der Waals surface area (Å²) in [5, 5.41) is 0. The standard InChI is InChI=1S/C16H25N3O3S/c1-2-14-23(21,22)17-9-8-16(20)19-12-10-18(11-13-19)15-6-4-3-5-7-15/h3-7,17H,2,8-14H2,1H3. The van der Waals surface area contributed by atoms with Gasteiger partial charge in [-0.3, -0.25) is 4.79 Å². The number of nitrogens with one attached hydrogen (secondary N) is 1. The van der Waals surface area contributed by atoms with Gasteiger partial charge in [0.1, 0.15) is 0 Å². The van der Waals surface area contributed by atoms with Gasteiger partial charge in [0.15, 0.2) is 0 Å². The Hall–Kier alpha value is -1.60. The van der Waals surface area contributed by atoms with Crippen molar-refractivity contribution in [3.05, 3.63) is 30.3 Å². The van der Waals surface area contributed by atoms with E-state index in [9.17, 15) is 13.2 Å². The highest BCUT2D eigenvalue weighted by molar-refractivity contribution is 7.89. The molecule has 1 fully saturated rings. The van der Waals surface area contributed by atoms with Crippen molar-refractivity contribution in [2.75, 3.05) is 43.4 Å². The number of para-hydroxylation sites is 1. The summed E-state index contributed by atoms with van der Waals surface area (Å²) in [6, 6.07) is 10.1. The molecule has 7 heteroatoms. The Morgan fingerprint density at radius 1 is 1.13 bits per heavy atom. The normalized spacial score (nSPS) is 15.7. The van der Waals surface area contributed by atoms with E-state index in [4.69, 9.17) is 0 Å². The zero-order valence-electron chi connectivity index (χ0n) is 13.6. The maximum absolute atomic E-state index is 12.2. The van der Waals surface area contributed by atoms with Crippen LogP contribution in [0.25, 0.3) is 0 Å². The lowest BCUT2D eigenvalue weighted by Gasteiger charge is -2.36. The van der Waals surface area contributed by atoms with Gasteiger partial charge in [-0.05, 0) is 18.6 Å². The highest BCUT2D eigenvalue weighted by Crippen LogP contribution is 2.15. The molecule has 2 rings (SSSR count). The predicted molar refractivity (Wildman–Crippen MR) is 91.9 cm³/mol. The first-order valence-corrected chi connectivity index (χ1v) is 9.72. The molecule has 23 heavy (non-hydrogen) atoms. The third kappa shape index (κ3) is 5.51. The van der Waals surface area contributed by atoms with Crippen LogP contribution in [0.5, 0.6) is 0 Å². The van der Waals surface area contributed by atoms with Gasteiger partial charge in [0.25, 0.3) is 0 Å². The molecule has 0 atom stereocenters. The van der Waals surface area contributed by atoms with Crippen molar-refractivity contribution in [2.24, 2.45) is 0 Å². The number of rotatable bonds is 7. The van der Waals surface area contributed by atoms with Crippen LogP contribution in [-0.2, 0) is 14.8 Å². The Morgan fingerprint density at radius 3 is 2.39 bits per heavy atom. The molecule has 1 amide bonds. The van der Waals surface area contributed by atoms with Crippen LogP contribution in [0.3, 0.4) is 0 Å². The van der Waals surface area contributed by atoms with Gasteiger partial charge < -0.3 is 9.80 Å². The molecule has 128 valence electrons. The molecule has 1 saturated heterocycles. The second kappa shape index (κ2) is 8.31. The number of sulfonamides is 1. The van der Waals surface area contributed by atoms with Gasteiger partial charge in [-0.2, -0.15) is 0 Å². The second-order valence-corrected chi connectivity index (χ2v) is 7.59. The summed E-state index contributed by atoms with van der Waals surface area (Å²) in [7, 11) is -3.23. The Kier molecular flexibility index (Phi) is 6.41. The number of amides is 1.